The highest BCUT2D eigenvalue weighted by atomic mass is 16.4. The predicted octanol–water partition coefficient (Wildman–Crippen LogP) is 1.53. The Morgan fingerprint density at radius 3 is 2.24 bits per heavy atom. The van der Waals surface area contributed by atoms with Gasteiger partial charge in [0.15, 0.2) is 0 Å². The van der Waals surface area contributed by atoms with Crippen molar-refractivity contribution in [1.82, 2.24) is 9.80 Å². The minimum atomic E-state index is -0.958. The summed E-state index contributed by atoms with van der Waals surface area (Å²) in [6, 6.07) is -0.431. The smallest absolute Gasteiger partial charge is 0.407 e. The van der Waals surface area contributed by atoms with Crippen LogP contribution in [0.25, 0.3) is 0 Å². The van der Waals surface area contributed by atoms with Crippen LogP contribution in [0.3, 0.4) is 0 Å². The number of carbonyl (C=O) groups excluding carboxylic acids is 1. The molecule has 0 aromatic carbocycles. The normalized spacial score (nSPS) is 25.8. The van der Waals surface area contributed by atoms with Crippen molar-refractivity contribution in [3.63, 3.8) is 0 Å². The van der Waals surface area contributed by atoms with Crippen molar-refractivity contribution in [2.75, 3.05) is 19.6 Å². The largest absolute Gasteiger partial charge is 0.465 e. The molecule has 96 valence electrons. The van der Waals surface area contributed by atoms with Gasteiger partial charge < -0.3 is 10.0 Å². The molecule has 17 heavy (non-hydrogen) atoms. The van der Waals surface area contributed by atoms with Gasteiger partial charge in [-0.1, -0.05) is 0 Å². The SMILES string of the molecule is O=C(C1CCCCN1C(=O)O)N1CCCCC1. The number of rotatable bonds is 1. The van der Waals surface area contributed by atoms with Gasteiger partial charge in [-0.25, -0.2) is 4.79 Å². The fourth-order valence-electron chi connectivity index (χ4n) is 2.74. The summed E-state index contributed by atoms with van der Waals surface area (Å²) in [6.07, 6.45) is 4.82. The van der Waals surface area contributed by atoms with E-state index in [2.05, 4.69) is 0 Å². The molecule has 2 heterocycles. The molecule has 0 aliphatic carbocycles. The van der Waals surface area contributed by atoms with Crippen molar-refractivity contribution in [2.45, 2.75) is 44.6 Å². The Bertz CT molecular complexity index is 300. The molecule has 2 amide bonds. The Morgan fingerprint density at radius 1 is 0.941 bits per heavy atom. The summed E-state index contributed by atoms with van der Waals surface area (Å²) < 4.78 is 0. The van der Waals surface area contributed by atoms with Crippen LogP contribution < -0.4 is 0 Å². The lowest BCUT2D eigenvalue weighted by Crippen LogP contribution is -2.53. The molecule has 0 radical (unpaired) electrons. The Hall–Kier alpha value is -1.26. The number of likely N-dealkylation sites (tertiary alicyclic amines) is 2. The van der Waals surface area contributed by atoms with Crippen LogP contribution in [0.4, 0.5) is 4.79 Å². The highest BCUT2D eigenvalue weighted by Gasteiger charge is 2.34. The number of carbonyl (C=O) groups is 2. The van der Waals surface area contributed by atoms with Crippen LogP contribution in [0.5, 0.6) is 0 Å². The summed E-state index contributed by atoms with van der Waals surface area (Å²) in [4.78, 5) is 26.6. The van der Waals surface area contributed by atoms with Crippen LogP contribution >= 0.6 is 0 Å². The number of hydrogen-bond acceptors (Lipinski definition) is 2. The van der Waals surface area contributed by atoms with Gasteiger partial charge in [-0.15, -0.1) is 0 Å². The Balaban J connectivity index is 2.02. The maximum Gasteiger partial charge on any atom is 0.407 e. The maximum atomic E-state index is 12.3. The molecule has 0 saturated carbocycles. The number of carboxylic acid groups (broad SMARTS) is 1. The number of amides is 2. The topological polar surface area (TPSA) is 60.9 Å². The molecule has 0 bridgehead atoms. The lowest BCUT2D eigenvalue weighted by molar-refractivity contribution is -0.138. The van der Waals surface area contributed by atoms with Gasteiger partial charge in [-0.05, 0) is 38.5 Å². The molecule has 5 heteroatoms. The zero-order chi connectivity index (χ0) is 12.3. The van der Waals surface area contributed by atoms with Crippen molar-refractivity contribution in [3.8, 4) is 0 Å². The van der Waals surface area contributed by atoms with E-state index < -0.39 is 12.1 Å². The van der Waals surface area contributed by atoms with E-state index in [1.807, 2.05) is 4.90 Å². The van der Waals surface area contributed by atoms with Crippen LogP contribution in [0.15, 0.2) is 0 Å². The minimum Gasteiger partial charge on any atom is -0.465 e. The van der Waals surface area contributed by atoms with Gasteiger partial charge in [-0.3, -0.25) is 9.69 Å². The molecule has 2 fully saturated rings. The third kappa shape index (κ3) is 2.70. The average molecular weight is 240 g/mol. The number of piperidine rings is 2. The van der Waals surface area contributed by atoms with Crippen LogP contribution in [0, 0.1) is 0 Å². The lowest BCUT2D eigenvalue weighted by atomic mass is 10.0. The summed E-state index contributed by atoms with van der Waals surface area (Å²) in [5.74, 6) is 0.0202. The zero-order valence-electron chi connectivity index (χ0n) is 10.1. The van der Waals surface area contributed by atoms with Crippen LogP contribution in [0.2, 0.25) is 0 Å². The zero-order valence-corrected chi connectivity index (χ0v) is 10.1. The van der Waals surface area contributed by atoms with Gasteiger partial charge in [0.25, 0.3) is 0 Å². The third-order valence-electron chi connectivity index (χ3n) is 3.70. The Morgan fingerprint density at radius 2 is 1.59 bits per heavy atom. The minimum absolute atomic E-state index is 0.0202. The molecule has 1 N–H and O–H groups in total. The molecular formula is C12H20N2O3. The van der Waals surface area contributed by atoms with Crippen molar-refractivity contribution in [1.29, 1.82) is 0 Å². The highest BCUT2D eigenvalue weighted by molar-refractivity contribution is 5.85. The first-order valence-electron chi connectivity index (χ1n) is 6.48. The second-order valence-corrected chi connectivity index (χ2v) is 4.87. The van der Waals surface area contributed by atoms with Gasteiger partial charge in [0, 0.05) is 19.6 Å². The van der Waals surface area contributed by atoms with Gasteiger partial charge in [0.2, 0.25) is 5.91 Å². The molecule has 2 rings (SSSR count). The molecule has 0 spiro atoms. The molecule has 2 aliphatic rings. The van der Waals surface area contributed by atoms with E-state index >= 15 is 0 Å². The molecule has 2 aliphatic heterocycles. The summed E-state index contributed by atoms with van der Waals surface area (Å²) in [5.41, 5.74) is 0. The van der Waals surface area contributed by atoms with Gasteiger partial charge in [0.1, 0.15) is 6.04 Å². The van der Waals surface area contributed by atoms with E-state index in [-0.39, 0.29) is 5.91 Å². The summed E-state index contributed by atoms with van der Waals surface area (Å²) in [6.45, 7) is 2.09. The number of hydrogen-bond donors (Lipinski definition) is 1. The first-order valence-corrected chi connectivity index (χ1v) is 6.48. The standard InChI is InChI=1S/C12H20N2O3/c15-11(13-7-3-1-4-8-13)10-6-2-5-9-14(10)12(16)17/h10H,1-9H2,(H,16,17). The predicted molar refractivity (Wildman–Crippen MR) is 62.8 cm³/mol. The van der Waals surface area contributed by atoms with Crippen molar-refractivity contribution in [3.05, 3.63) is 0 Å². The highest BCUT2D eigenvalue weighted by Crippen LogP contribution is 2.21. The third-order valence-corrected chi connectivity index (χ3v) is 3.70. The van der Waals surface area contributed by atoms with Crippen molar-refractivity contribution < 1.29 is 14.7 Å². The Labute approximate surface area is 101 Å². The Kier molecular flexibility index (Phi) is 3.86. The first kappa shape index (κ1) is 12.2. The van der Waals surface area contributed by atoms with E-state index in [4.69, 9.17) is 5.11 Å². The molecule has 2 saturated heterocycles. The van der Waals surface area contributed by atoms with Crippen molar-refractivity contribution >= 4 is 12.0 Å². The number of nitrogens with zero attached hydrogens (tertiary/aromatic N) is 2. The molecule has 0 aromatic heterocycles. The first-order chi connectivity index (χ1) is 8.20. The van der Waals surface area contributed by atoms with Gasteiger partial charge in [0.05, 0.1) is 0 Å². The fourth-order valence-corrected chi connectivity index (χ4v) is 2.74. The molecule has 5 nitrogen and oxygen atoms in total. The molecule has 1 atom stereocenters. The summed E-state index contributed by atoms with van der Waals surface area (Å²) in [5, 5.41) is 9.11. The van der Waals surface area contributed by atoms with E-state index in [0.29, 0.717) is 13.0 Å². The average Bonchev–Trinajstić information content (AvgIpc) is 2.39. The monoisotopic (exact) mass is 240 g/mol. The quantitative estimate of drug-likeness (QED) is 0.756. The van der Waals surface area contributed by atoms with Crippen LogP contribution in [0.1, 0.15) is 38.5 Å². The molecule has 1 unspecified atom stereocenters. The van der Waals surface area contributed by atoms with Crippen LogP contribution in [-0.4, -0.2) is 52.6 Å². The molecular weight excluding hydrogens is 220 g/mol. The van der Waals surface area contributed by atoms with E-state index in [1.165, 1.54) is 11.3 Å². The van der Waals surface area contributed by atoms with Crippen LogP contribution in [-0.2, 0) is 4.79 Å². The summed E-state index contributed by atoms with van der Waals surface area (Å²) in [7, 11) is 0. The van der Waals surface area contributed by atoms with E-state index in [0.717, 1.165) is 38.8 Å². The maximum absolute atomic E-state index is 12.3. The second-order valence-electron chi connectivity index (χ2n) is 4.87. The van der Waals surface area contributed by atoms with Gasteiger partial charge >= 0.3 is 6.09 Å². The van der Waals surface area contributed by atoms with E-state index in [9.17, 15) is 9.59 Å². The summed E-state index contributed by atoms with van der Waals surface area (Å²) >= 11 is 0. The van der Waals surface area contributed by atoms with Gasteiger partial charge in [-0.2, -0.15) is 0 Å². The second kappa shape index (κ2) is 5.38. The fraction of sp³-hybridized carbons (Fsp3) is 0.833. The van der Waals surface area contributed by atoms with E-state index in [1.54, 1.807) is 0 Å². The lowest BCUT2D eigenvalue weighted by Gasteiger charge is -2.37. The molecule has 0 aromatic rings. The van der Waals surface area contributed by atoms with Crippen molar-refractivity contribution in [2.24, 2.45) is 0 Å².